The molecule has 120 valence electrons. The first kappa shape index (κ1) is 16.2. The fraction of sp³-hybridized carbons (Fsp3) is 0.571. The maximum Gasteiger partial charge on any atom is 0.290 e. The zero-order valence-corrected chi connectivity index (χ0v) is 12.8. The molecule has 0 aliphatic carbocycles. The third kappa shape index (κ3) is 3.33. The van der Waals surface area contributed by atoms with Crippen LogP contribution < -0.4 is 10.2 Å². The normalized spacial score (nSPS) is 21.3. The number of fused-ring (bicyclic) bond motifs is 1. The van der Waals surface area contributed by atoms with E-state index in [1.807, 2.05) is 6.92 Å². The predicted octanol–water partition coefficient (Wildman–Crippen LogP) is -0.585. The van der Waals surface area contributed by atoms with Crippen molar-refractivity contribution in [2.75, 3.05) is 37.6 Å². The van der Waals surface area contributed by atoms with Crippen LogP contribution in [0.25, 0.3) is 0 Å². The van der Waals surface area contributed by atoms with Gasteiger partial charge in [-0.2, -0.15) is 5.10 Å². The number of amides is 1. The van der Waals surface area contributed by atoms with Gasteiger partial charge in [-0.05, 0) is 25.0 Å². The Hall–Kier alpha value is -2.22. The van der Waals surface area contributed by atoms with Crippen LogP contribution in [0.3, 0.4) is 0 Å². The average Bonchev–Trinajstić information content (AvgIpc) is 2.51. The van der Waals surface area contributed by atoms with Crippen LogP contribution in [-0.4, -0.2) is 71.3 Å². The Morgan fingerprint density at radius 2 is 2.09 bits per heavy atom. The number of aromatic nitrogens is 2. The van der Waals surface area contributed by atoms with Crippen LogP contribution in [0, 0.1) is 13.8 Å². The van der Waals surface area contributed by atoms with E-state index >= 15 is 0 Å². The zero-order chi connectivity index (χ0) is 16.1. The molecule has 2 saturated heterocycles. The van der Waals surface area contributed by atoms with Crippen molar-refractivity contribution in [2.24, 2.45) is 0 Å². The summed E-state index contributed by atoms with van der Waals surface area (Å²) in [5, 5.41) is 18.1. The quantitative estimate of drug-likeness (QED) is 0.669. The standard InChI is InChI=1S/C13H19N5O.CH2O2/c1-9-7-15-16-12(10(9)2)18-6-5-17-4-3-14-13(19)11(17)8-18;2-1-3/h7,11H,3-6,8H2,1-2H3,(H,14,19);1H,(H,2,3). The van der Waals surface area contributed by atoms with Crippen molar-refractivity contribution < 1.29 is 14.7 Å². The van der Waals surface area contributed by atoms with Crippen molar-refractivity contribution in [2.45, 2.75) is 19.9 Å². The van der Waals surface area contributed by atoms with Crippen molar-refractivity contribution in [1.29, 1.82) is 0 Å². The van der Waals surface area contributed by atoms with Gasteiger partial charge in [0, 0.05) is 32.7 Å². The Morgan fingerprint density at radius 3 is 2.82 bits per heavy atom. The lowest BCUT2D eigenvalue weighted by molar-refractivity contribution is -0.129. The number of rotatable bonds is 1. The highest BCUT2D eigenvalue weighted by Crippen LogP contribution is 2.22. The van der Waals surface area contributed by atoms with Gasteiger partial charge in [0.2, 0.25) is 5.91 Å². The zero-order valence-electron chi connectivity index (χ0n) is 12.8. The van der Waals surface area contributed by atoms with Gasteiger partial charge < -0.3 is 15.3 Å². The molecule has 0 spiro atoms. The largest absolute Gasteiger partial charge is 0.483 e. The fourth-order valence-corrected chi connectivity index (χ4v) is 2.79. The van der Waals surface area contributed by atoms with Gasteiger partial charge in [-0.3, -0.25) is 14.5 Å². The van der Waals surface area contributed by atoms with Gasteiger partial charge in [0.25, 0.3) is 6.47 Å². The molecule has 0 saturated carbocycles. The Morgan fingerprint density at radius 1 is 1.36 bits per heavy atom. The highest BCUT2D eigenvalue weighted by molar-refractivity contribution is 5.83. The Kier molecular flexibility index (Phi) is 5.26. The van der Waals surface area contributed by atoms with Crippen LogP contribution in [0.15, 0.2) is 6.20 Å². The first-order chi connectivity index (χ1) is 10.6. The minimum absolute atomic E-state index is 0.0517. The molecular weight excluding hydrogens is 286 g/mol. The summed E-state index contributed by atoms with van der Waals surface area (Å²) >= 11 is 0. The summed E-state index contributed by atoms with van der Waals surface area (Å²) in [6.45, 7) is 8.08. The lowest BCUT2D eigenvalue weighted by Crippen LogP contribution is -2.64. The number of anilines is 1. The lowest BCUT2D eigenvalue weighted by Gasteiger charge is -2.43. The topological polar surface area (TPSA) is 98.7 Å². The van der Waals surface area contributed by atoms with Gasteiger partial charge in [-0.15, -0.1) is 5.10 Å². The lowest BCUT2D eigenvalue weighted by atomic mass is 10.1. The van der Waals surface area contributed by atoms with E-state index in [2.05, 4.69) is 32.2 Å². The number of aryl methyl sites for hydroxylation is 1. The predicted molar refractivity (Wildman–Crippen MR) is 80.8 cm³/mol. The molecule has 2 N–H and O–H groups in total. The number of nitrogens with one attached hydrogen (secondary N) is 1. The first-order valence-corrected chi connectivity index (χ1v) is 7.22. The van der Waals surface area contributed by atoms with E-state index in [1.54, 1.807) is 6.20 Å². The molecule has 0 bridgehead atoms. The molecule has 1 unspecified atom stereocenters. The first-order valence-electron chi connectivity index (χ1n) is 7.22. The molecule has 3 rings (SSSR count). The minimum Gasteiger partial charge on any atom is -0.483 e. The molecule has 8 heteroatoms. The molecule has 1 aromatic heterocycles. The molecule has 3 heterocycles. The number of hydrogen-bond donors (Lipinski definition) is 2. The van der Waals surface area contributed by atoms with Crippen molar-refractivity contribution >= 4 is 18.2 Å². The van der Waals surface area contributed by atoms with E-state index in [-0.39, 0.29) is 18.4 Å². The molecular formula is C14H21N5O3. The minimum atomic E-state index is -0.250. The molecule has 0 radical (unpaired) electrons. The Labute approximate surface area is 129 Å². The summed E-state index contributed by atoms with van der Waals surface area (Å²) in [6.07, 6.45) is 1.78. The molecule has 22 heavy (non-hydrogen) atoms. The van der Waals surface area contributed by atoms with Crippen LogP contribution in [0.2, 0.25) is 0 Å². The second-order valence-electron chi connectivity index (χ2n) is 5.37. The number of carbonyl (C=O) groups excluding carboxylic acids is 1. The maximum absolute atomic E-state index is 11.9. The van der Waals surface area contributed by atoms with Gasteiger partial charge in [0.05, 0.1) is 6.20 Å². The van der Waals surface area contributed by atoms with E-state index in [0.717, 1.165) is 43.1 Å². The van der Waals surface area contributed by atoms with Crippen LogP contribution in [-0.2, 0) is 9.59 Å². The number of hydrogen-bond acceptors (Lipinski definition) is 6. The van der Waals surface area contributed by atoms with E-state index in [1.165, 1.54) is 0 Å². The van der Waals surface area contributed by atoms with Crippen LogP contribution >= 0.6 is 0 Å². The SMILES string of the molecule is Cc1cnnc(N2CCN3CCNC(=O)C3C2)c1C.O=CO. The fourth-order valence-electron chi connectivity index (χ4n) is 2.79. The summed E-state index contributed by atoms with van der Waals surface area (Å²) < 4.78 is 0. The smallest absolute Gasteiger partial charge is 0.290 e. The highest BCUT2D eigenvalue weighted by Gasteiger charge is 2.35. The molecule has 1 atom stereocenters. The Bertz CT molecular complexity index is 551. The molecule has 0 aromatic carbocycles. The number of carboxylic acid groups (broad SMARTS) is 1. The summed E-state index contributed by atoms with van der Waals surface area (Å²) in [5.41, 5.74) is 2.29. The van der Waals surface area contributed by atoms with Crippen molar-refractivity contribution in [1.82, 2.24) is 20.4 Å². The van der Waals surface area contributed by atoms with Crippen molar-refractivity contribution in [3.05, 3.63) is 17.3 Å². The number of nitrogens with zero attached hydrogens (tertiary/aromatic N) is 4. The van der Waals surface area contributed by atoms with Crippen LogP contribution in [0.5, 0.6) is 0 Å². The summed E-state index contributed by atoms with van der Waals surface area (Å²) in [5.74, 6) is 1.05. The van der Waals surface area contributed by atoms with Gasteiger partial charge in [-0.25, -0.2) is 0 Å². The van der Waals surface area contributed by atoms with Crippen molar-refractivity contribution in [3.8, 4) is 0 Å². The maximum atomic E-state index is 11.9. The molecule has 2 aliphatic rings. The van der Waals surface area contributed by atoms with E-state index in [0.29, 0.717) is 6.54 Å². The molecule has 1 aromatic rings. The van der Waals surface area contributed by atoms with E-state index in [4.69, 9.17) is 9.90 Å². The summed E-state index contributed by atoms with van der Waals surface area (Å²) in [4.78, 5) is 24.7. The van der Waals surface area contributed by atoms with Crippen LogP contribution in [0.1, 0.15) is 11.1 Å². The van der Waals surface area contributed by atoms with Crippen molar-refractivity contribution in [3.63, 3.8) is 0 Å². The molecule has 2 fully saturated rings. The van der Waals surface area contributed by atoms with Gasteiger partial charge in [0.15, 0.2) is 5.82 Å². The molecule has 2 aliphatic heterocycles. The van der Waals surface area contributed by atoms with E-state index < -0.39 is 0 Å². The van der Waals surface area contributed by atoms with E-state index in [9.17, 15) is 4.79 Å². The molecule has 8 nitrogen and oxygen atoms in total. The second-order valence-corrected chi connectivity index (χ2v) is 5.37. The van der Waals surface area contributed by atoms with Gasteiger partial charge in [0.1, 0.15) is 6.04 Å². The van der Waals surface area contributed by atoms with Gasteiger partial charge in [-0.1, -0.05) is 0 Å². The monoisotopic (exact) mass is 307 g/mol. The highest BCUT2D eigenvalue weighted by atomic mass is 16.3. The second kappa shape index (κ2) is 7.17. The third-order valence-electron chi connectivity index (χ3n) is 4.12. The summed E-state index contributed by atoms with van der Waals surface area (Å²) in [6, 6.07) is -0.0517. The number of piperazine rings is 2. The summed E-state index contributed by atoms with van der Waals surface area (Å²) in [7, 11) is 0. The average molecular weight is 307 g/mol. The van der Waals surface area contributed by atoms with Gasteiger partial charge >= 0.3 is 0 Å². The van der Waals surface area contributed by atoms with Crippen LogP contribution in [0.4, 0.5) is 5.82 Å². The molecule has 1 amide bonds. The third-order valence-corrected chi connectivity index (χ3v) is 4.12. The Balaban J connectivity index is 0.000000545. The number of carbonyl (C=O) groups is 2.